The van der Waals surface area contributed by atoms with Crippen LogP contribution in [-0.4, -0.2) is 17.6 Å². The summed E-state index contributed by atoms with van der Waals surface area (Å²) in [5.74, 6) is -0.264. The van der Waals surface area contributed by atoms with Crippen LogP contribution in [0, 0.1) is 11.3 Å². The highest BCUT2D eigenvalue weighted by Gasteiger charge is 2.19. The van der Waals surface area contributed by atoms with Crippen LogP contribution in [-0.2, 0) is 9.53 Å². The van der Waals surface area contributed by atoms with Gasteiger partial charge in [-0.15, -0.1) is 0 Å². The third-order valence-corrected chi connectivity index (χ3v) is 3.46. The van der Waals surface area contributed by atoms with Gasteiger partial charge < -0.3 is 4.74 Å². The second-order valence-corrected chi connectivity index (χ2v) is 4.86. The zero-order valence-corrected chi connectivity index (χ0v) is 12.5. The molecule has 0 spiro atoms. The maximum Gasteiger partial charge on any atom is 0.305 e. The molecule has 2 rings (SSSR count). The van der Waals surface area contributed by atoms with Gasteiger partial charge in [-0.05, 0) is 30.5 Å². The van der Waals surface area contributed by atoms with Crippen LogP contribution in [0.1, 0.15) is 42.5 Å². The summed E-state index contributed by atoms with van der Waals surface area (Å²) in [5, 5.41) is 9.27. The van der Waals surface area contributed by atoms with Gasteiger partial charge in [0.15, 0.2) is 0 Å². The summed E-state index contributed by atoms with van der Waals surface area (Å²) in [4.78, 5) is 15.8. The van der Waals surface area contributed by atoms with E-state index in [1.54, 1.807) is 13.1 Å². The van der Waals surface area contributed by atoms with Crippen molar-refractivity contribution in [2.75, 3.05) is 6.61 Å². The Bertz CT molecular complexity index is 662. The maximum absolute atomic E-state index is 11.7. The SMILES string of the molecule is CCOC(=O)CCC(c1ccccc1)c1cccnc1C#N. The summed E-state index contributed by atoms with van der Waals surface area (Å²) in [7, 11) is 0. The van der Waals surface area contributed by atoms with Crippen LogP contribution >= 0.6 is 0 Å². The number of rotatable bonds is 6. The van der Waals surface area contributed by atoms with Crippen LogP contribution in [0.2, 0.25) is 0 Å². The molecule has 4 heteroatoms. The predicted molar refractivity (Wildman–Crippen MR) is 83.1 cm³/mol. The lowest BCUT2D eigenvalue weighted by Crippen LogP contribution is -2.10. The summed E-state index contributed by atoms with van der Waals surface area (Å²) < 4.78 is 5.00. The molecule has 1 atom stereocenters. The first-order valence-electron chi connectivity index (χ1n) is 7.31. The van der Waals surface area contributed by atoms with Crippen molar-refractivity contribution >= 4 is 5.97 Å². The van der Waals surface area contributed by atoms with E-state index in [0.717, 1.165) is 11.1 Å². The largest absolute Gasteiger partial charge is 0.466 e. The van der Waals surface area contributed by atoms with Gasteiger partial charge in [0.2, 0.25) is 0 Å². The Morgan fingerprint density at radius 3 is 2.73 bits per heavy atom. The number of pyridine rings is 1. The van der Waals surface area contributed by atoms with E-state index in [1.165, 1.54) is 0 Å². The number of hydrogen-bond acceptors (Lipinski definition) is 4. The van der Waals surface area contributed by atoms with Gasteiger partial charge in [0, 0.05) is 18.5 Å². The average Bonchev–Trinajstić information content (AvgIpc) is 2.57. The Kier molecular flexibility index (Phi) is 5.67. The molecule has 1 heterocycles. The number of nitrogens with zero attached hydrogens (tertiary/aromatic N) is 2. The summed E-state index contributed by atoms with van der Waals surface area (Å²) >= 11 is 0. The topological polar surface area (TPSA) is 63.0 Å². The van der Waals surface area contributed by atoms with E-state index in [9.17, 15) is 10.1 Å². The number of carbonyl (C=O) groups excluding carboxylic acids is 1. The quantitative estimate of drug-likeness (QED) is 0.766. The third kappa shape index (κ3) is 3.92. The second kappa shape index (κ2) is 7.94. The lowest BCUT2D eigenvalue weighted by Gasteiger charge is -2.18. The molecule has 0 aliphatic carbocycles. The van der Waals surface area contributed by atoms with Gasteiger partial charge in [-0.1, -0.05) is 36.4 Å². The number of ether oxygens (including phenoxy) is 1. The molecule has 1 aromatic carbocycles. The Balaban J connectivity index is 2.30. The fourth-order valence-electron chi connectivity index (χ4n) is 2.47. The van der Waals surface area contributed by atoms with Gasteiger partial charge in [0.05, 0.1) is 6.61 Å². The molecule has 0 N–H and O–H groups in total. The van der Waals surface area contributed by atoms with E-state index < -0.39 is 0 Å². The number of aromatic nitrogens is 1. The van der Waals surface area contributed by atoms with Crippen molar-refractivity contribution in [2.45, 2.75) is 25.7 Å². The Hall–Kier alpha value is -2.67. The molecule has 0 amide bonds. The lowest BCUT2D eigenvalue weighted by molar-refractivity contribution is -0.143. The van der Waals surface area contributed by atoms with Gasteiger partial charge in [0.1, 0.15) is 11.8 Å². The van der Waals surface area contributed by atoms with E-state index in [0.29, 0.717) is 25.1 Å². The Morgan fingerprint density at radius 1 is 1.27 bits per heavy atom. The molecule has 0 aliphatic heterocycles. The van der Waals surface area contributed by atoms with Crippen LogP contribution < -0.4 is 0 Å². The minimum Gasteiger partial charge on any atom is -0.466 e. The smallest absolute Gasteiger partial charge is 0.305 e. The number of carbonyl (C=O) groups is 1. The zero-order chi connectivity index (χ0) is 15.8. The highest BCUT2D eigenvalue weighted by molar-refractivity contribution is 5.69. The van der Waals surface area contributed by atoms with Crippen LogP contribution in [0.4, 0.5) is 0 Å². The number of nitriles is 1. The van der Waals surface area contributed by atoms with E-state index in [4.69, 9.17) is 4.74 Å². The van der Waals surface area contributed by atoms with Gasteiger partial charge in [0.25, 0.3) is 0 Å². The Morgan fingerprint density at radius 2 is 2.05 bits per heavy atom. The van der Waals surface area contributed by atoms with Crippen molar-refractivity contribution in [3.05, 3.63) is 65.5 Å². The molecule has 112 valence electrons. The molecule has 1 aromatic heterocycles. The summed E-state index contributed by atoms with van der Waals surface area (Å²) in [6, 6.07) is 15.7. The normalized spacial score (nSPS) is 11.5. The van der Waals surface area contributed by atoms with Crippen LogP contribution in [0.15, 0.2) is 48.7 Å². The molecular formula is C18H18N2O2. The van der Waals surface area contributed by atoms with Crippen LogP contribution in [0.3, 0.4) is 0 Å². The monoisotopic (exact) mass is 294 g/mol. The van der Waals surface area contributed by atoms with Crippen LogP contribution in [0.5, 0.6) is 0 Å². The molecule has 0 fully saturated rings. The molecule has 4 nitrogen and oxygen atoms in total. The molecule has 0 aliphatic rings. The van der Waals surface area contributed by atoms with Crippen molar-refractivity contribution < 1.29 is 9.53 Å². The van der Waals surface area contributed by atoms with E-state index in [-0.39, 0.29) is 11.9 Å². The van der Waals surface area contributed by atoms with E-state index in [1.807, 2.05) is 42.5 Å². The summed E-state index contributed by atoms with van der Waals surface area (Å²) in [6.07, 6.45) is 2.51. The molecule has 0 saturated heterocycles. The minimum atomic E-state index is -0.217. The highest BCUT2D eigenvalue weighted by atomic mass is 16.5. The van der Waals surface area contributed by atoms with Crippen molar-refractivity contribution in [3.63, 3.8) is 0 Å². The molecule has 0 radical (unpaired) electrons. The lowest BCUT2D eigenvalue weighted by atomic mass is 9.86. The fourth-order valence-corrected chi connectivity index (χ4v) is 2.47. The average molecular weight is 294 g/mol. The third-order valence-electron chi connectivity index (χ3n) is 3.46. The first-order valence-corrected chi connectivity index (χ1v) is 7.31. The van der Waals surface area contributed by atoms with Gasteiger partial charge >= 0.3 is 5.97 Å². The molecular weight excluding hydrogens is 276 g/mol. The first-order chi connectivity index (χ1) is 10.8. The van der Waals surface area contributed by atoms with Crippen molar-refractivity contribution in [3.8, 4) is 6.07 Å². The molecule has 0 bridgehead atoms. The van der Waals surface area contributed by atoms with Crippen molar-refractivity contribution in [1.82, 2.24) is 4.98 Å². The standard InChI is InChI=1S/C18H18N2O2/c1-2-22-18(21)11-10-15(14-7-4-3-5-8-14)16-9-6-12-20-17(16)13-19/h3-9,12,15H,2,10-11H2,1H3. The van der Waals surface area contributed by atoms with Gasteiger partial charge in [-0.3, -0.25) is 4.79 Å². The fraction of sp³-hybridized carbons (Fsp3) is 0.278. The number of benzene rings is 1. The van der Waals surface area contributed by atoms with E-state index in [2.05, 4.69) is 11.1 Å². The van der Waals surface area contributed by atoms with E-state index >= 15 is 0 Å². The van der Waals surface area contributed by atoms with Crippen molar-refractivity contribution in [1.29, 1.82) is 5.26 Å². The number of hydrogen-bond donors (Lipinski definition) is 0. The van der Waals surface area contributed by atoms with Gasteiger partial charge in [-0.25, -0.2) is 4.98 Å². The highest BCUT2D eigenvalue weighted by Crippen LogP contribution is 2.30. The Labute approximate surface area is 130 Å². The first kappa shape index (κ1) is 15.7. The molecule has 1 unspecified atom stereocenters. The maximum atomic E-state index is 11.7. The van der Waals surface area contributed by atoms with Gasteiger partial charge in [-0.2, -0.15) is 5.26 Å². The number of esters is 1. The zero-order valence-electron chi connectivity index (χ0n) is 12.5. The van der Waals surface area contributed by atoms with Crippen LogP contribution in [0.25, 0.3) is 0 Å². The summed E-state index contributed by atoms with van der Waals surface area (Å²) in [6.45, 7) is 2.17. The molecule has 0 saturated carbocycles. The summed E-state index contributed by atoms with van der Waals surface area (Å²) in [5.41, 5.74) is 2.32. The van der Waals surface area contributed by atoms with Crippen molar-refractivity contribution in [2.24, 2.45) is 0 Å². The minimum absolute atomic E-state index is 0.0473. The molecule has 2 aromatic rings. The predicted octanol–water partition coefficient (Wildman–Crippen LogP) is 3.43. The molecule has 22 heavy (non-hydrogen) atoms. The second-order valence-electron chi connectivity index (χ2n) is 4.86.